The monoisotopic (exact) mass is 489 g/mol. The van der Waals surface area contributed by atoms with Crippen LogP contribution in [0, 0.1) is 10.1 Å². The molecule has 0 bridgehead atoms. The number of fused-ring (bicyclic) bond motifs is 1. The van der Waals surface area contributed by atoms with Gasteiger partial charge < -0.3 is 0 Å². The fourth-order valence-corrected chi connectivity index (χ4v) is 4.69. The lowest BCUT2D eigenvalue weighted by atomic mass is 9.97. The average molecular weight is 489 g/mol. The van der Waals surface area contributed by atoms with Gasteiger partial charge in [0.25, 0.3) is 17.5 Å². The molecule has 0 fully saturated rings. The number of non-ortho nitro benzene ring substituents is 1. The third-order valence-corrected chi connectivity index (χ3v) is 6.53. The zero-order chi connectivity index (χ0) is 25.5. The highest BCUT2D eigenvalue weighted by Crippen LogP contribution is 2.37. The van der Waals surface area contributed by atoms with Gasteiger partial charge in [-0.2, -0.15) is 5.10 Å². The highest BCUT2D eigenvalue weighted by atomic mass is 16.6. The summed E-state index contributed by atoms with van der Waals surface area (Å²) in [5.74, 6) is -0.840. The third-order valence-electron chi connectivity index (χ3n) is 6.53. The second kappa shape index (κ2) is 8.80. The molecule has 1 atom stereocenters. The van der Waals surface area contributed by atoms with Crippen LogP contribution in [0.1, 0.15) is 44.4 Å². The first-order valence-corrected chi connectivity index (χ1v) is 11.6. The number of hydrogen-bond donors (Lipinski definition) is 0. The third kappa shape index (κ3) is 3.82. The Labute approximate surface area is 211 Å². The van der Waals surface area contributed by atoms with E-state index in [0.29, 0.717) is 17.7 Å². The van der Waals surface area contributed by atoms with E-state index in [4.69, 9.17) is 5.10 Å². The van der Waals surface area contributed by atoms with Gasteiger partial charge in [0, 0.05) is 24.8 Å². The number of pyridine rings is 1. The molecular weight excluding hydrogens is 470 g/mol. The number of para-hydroxylation sites is 1. The summed E-state index contributed by atoms with van der Waals surface area (Å²) in [5, 5.41) is 17.9. The van der Waals surface area contributed by atoms with Gasteiger partial charge in [-0.3, -0.25) is 29.7 Å². The van der Waals surface area contributed by atoms with Crippen LogP contribution in [0.4, 0.5) is 17.1 Å². The van der Waals surface area contributed by atoms with E-state index in [1.165, 1.54) is 18.3 Å². The number of imide groups is 1. The molecule has 2 aliphatic heterocycles. The van der Waals surface area contributed by atoms with E-state index in [0.717, 1.165) is 27.4 Å². The number of rotatable bonds is 5. The molecule has 3 heterocycles. The van der Waals surface area contributed by atoms with Crippen LogP contribution in [-0.2, 0) is 0 Å². The molecule has 9 nitrogen and oxygen atoms in total. The van der Waals surface area contributed by atoms with Crippen molar-refractivity contribution in [3.05, 3.63) is 130 Å². The first-order chi connectivity index (χ1) is 18.0. The molecule has 1 aromatic heterocycles. The van der Waals surface area contributed by atoms with Gasteiger partial charge in [-0.25, -0.2) is 4.90 Å². The SMILES string of the molecule is O=C1c2cccnc2C(=O)N1c1ccc(C2=NN(c3ccccc3)C(c3ccc([N+](=O)[O-])cc3)C2)cc1. The van der Waals surface area contributed by atoms with Crippen LogP contribution in [0.25, 0.3) is 0 Å². The zero-order valence-electron chi connectivity index (χ0n) is 19.4. The van der Waals surface area contributed by atoms with Crippen LogP contribution in [-0.4, -0.2) is 27.4 Å². The number of benzene rings is 3. The van der Waals surface area contributed by atoms with Gasteiger partial charge in [0.15, 0.2) is 0 Å². The molecule has 4 aromatic rings. The average Bonchev–Trinajstić information content (AvgIpc) is 3.49. The Morgan fingerprint density at radius 1 is 0.811 bits per heavy atom. The van der Waals surface area contributed by atoms with Gasteiger partial charge in [0.2, 0.25) is 0 Å². The van der Waals surface area contributed by atoms with Crippen molar-refractivity contribution in [2.45, 2.75) is 12.5 Å². The van der Waals surface area contributed by atoms with Crippen molar-refractivity contribution in [3.8, 4) is 0 Å². The second-order valence-electron chi connectivity index (χ2n) is 8.69. The van der Waals surface area contributed by atoms with E-state index in [9.17, 15) is 19.7 Å². The Kier molecular flexibility index (Phi) is 5.30. The summed E-state index contributed by atoms with van der Waals surface area (Å²) in [5.41, 5.74) is 4.42. The first kappa shape index (κ1) is 22.3. The van der Waals surface area contributed by atoms with Crippen molar-refractivity contribution in [3.63, 3.8) is 0 Å². The fourth-order valence-electron chi connectivity index (χ4n) is 4.69. The number of aromatic nitrogens is 1. The predicted octanol–water partition coefficient (Wildman–Crippen LogP) is 5.15. The molecule has 1 unspecified atom stereocenters. The summed E-state index contributed by atoms with van der Waals surface area (Å²) < 4.78 is 0. The number of hydrogen-bond acceptors (Lipinski definition) is 7. The van der Waals surface area contributed by atoms with Crippen molar-refractivity contribution in [1.29, 1.82) is 0 Å². The molecule has 0 radical (unpaired) electrons. The summed E-state index contributed by atoms with van der Waals surface area (Å²) in [6.45, 7) is 0. The first-order valence-electron chi connectivity index (χ1n) is 11.6. The van der Waals surface area contributed by atoms with Crippen LogP contribution in [0.2, 0.25) is 0 Å². The van der Waals surface area contributed by atoms with E-state index in [-0.39, 0.29) is 17.4 Å². The molecule has 0 saturated carbocycles. The Morgan fingerprint density at radius 3 is 2.22 bits per heavy atom. The van der Waals surface area contributed by atoms with Crippen molar-refractivity contribution < 1.29 is 14.5 Å². The normalized spacial score (nSPS) is 16.6. The maximum atomic E-state index is 12.8. The van der Waals surface area contributed by atoms with Crippen LogP contribution in [0.5, 0.6) is 0 Å². The number of carbonyl (C=O) groups is 2. The highest BCUT2D eigenvalue weighted by Gasteiger charge is 2.38. The summed E-state index contributed by atoms with van der Waals surface area (Å²) in [6, 6.07) is 26.5. The van der Waals surface area contributed by atoms with Crippen molar-refractivity contribution in [1.82, 2.24) is 4.98 Å². The summed E-state index contributed by atoms with van der Waals surface area (Å²) in [7, 11) is 0. The summed E-state index contributed by atoms with van der Waals surface area (Å²) >= 11 is 0. The van der Waals surface area contributed by atoms with E-state index in [1.807, 2.05) is 47.5 Å². The second-order valence-corrected chi connectivity index (χ2v) is 8.69. The fraction of sp³-hybridized carbons (Fsp3) is 0.0714. The van der Waals surface area contributed by atoms with Gasteiger partial charge in [0.1, 0.15) is 5.69 Å². The lowest BCUT2D eigenvalue weighted by molar-refractivity contribution is -0.384. The lowest BCUT2D eigenvalue weighted by Crippen LogP contribution is -2.29. The Balaban J connectivity index is 1.30. The Hall–Kier alpha value is -5.18. The molecule has 3 aromatic carbocycles. The molecule has 6 rings (SSSR count). The topological polar surface area (TPSA) is 109 Å². The molecule has 0 spiro atoms. The number of nitro groups is 1. The largest absolute Gasteiger partial charge is 0.284 e. The number of nitro benzene ring substituents is 1. The van der Waals surface area contributed by atoms with Crippen molar-refractivity contribution >= 4 is 34.6 Å². The van der Waals surface area contributed by atoms with Gasteiger partial charge in [0.05, 0.1) is 33.6 Å². The molecule has 0 saturated heterocycles. The summed E-state index contributed by atoms with van der Waals surface area (Å²) in [4.78, 5) is 41.5. The van der Waals surface area contributed by atoms with Crippen LogP contribution in [0.3, 0.4) is 0 Å². The Bertz CT molecular complexity index is 1530. The molecular formula is C28H19N5O4. The molecule has 180 valence electrons. The van der Waals surface area contributed by atoms with Gasteiger partial charge in [-0.05, 0) is 47.5 Å². The quantitative estimate of drug-likeness (QED) is 0.218. The van der Waals surface area contributed by atoms with Crippen molar-refractivity contribution in [2.75, 3.05) is 9.91 Å². The Morgan fingerprint density at radius 2 is 1.54 bits per heavy atom. The summed E-state index contributed by atoms with van der Waals surface area (Å²) in [6.07, 6.45) is 2.07. The zero-order valence-corrected chi connectivity index (χ0v) is 19.4. The molecule has 2 aliphatic rings. The van der Waals surface area contributed by atoms with E-state index in [1.54, 1.807) is 36.4 Å². The smallest absolute Gasteiger partial charge is 0.268 e. The lowest BCUT2D eigenvalue weighted by Gasteiger charge is -2.23. The predicted molar refractivity (Wildman–Crippen MR) is 138 cm³/mol. The van der Waals surface area contributed by atoms with Gasteiger partial charge in [-0.1, -0.05) is 42.5 Å². The minimum atomic E-state index is -0.444. The molecule has 2 amide bonds. The number of anilines is 2. The van der Waals surface area contributed by atoms with E-state index < -0.39 is 16.7 Å². The van der Waals surface area contributed by atoms with Gasteiger partial charge in [-0.15, -0.1) is 0 Å². The van der Waals surface area contributed by atoms with E-state index >= 15 is 0 Å². The molecule has 0 N–H and O–H groups in total. The molecule has 37 heavy (non-hydrogen) atoms. The van der Waals surface area contributed by atoms with E-state index in [2.05, 4.69) is 4.98 Å². The molecule has 0 aliphatic carbocycles. The number of amides is 2. The maximum Gasteiger partial charge on any atom is 0.284 e. The van der Waals surface area contributed by atoms with Crippen LogP contribution in [0.15, 0.2) is 102 Å². The van der Waals surface area contributed by atoms with Gasteiger partial charge >= 0.3 is 0 Å². The van der Waals surface area contributed by atoms with Crippen LogP contribution < -0.4 is 9.91 Å². The number of hydrazone groups is 1. The minimum absolute atomic E-state index is 0.0353. The molecule has 9 heteroatoms. The maximum absolute atomic E-state index is 12.8. The minimum Gasteiger partial charge on any atom is -0.268 e. The van der Waals surface area contributed by atoms with Crippen LogP contribution >= 0.6 is 0 Å². The number of carbonyl (C=O) groups excluding carboxylic acids is 2. The standard InChI is InChI=1S/C28H19N5O4/c34-27-23-7-4-16-29-26(23)28(35)31(27)20-12-8-18(9-13-20)24-17-25(19-10-14-22(15-11-19)33(36)37)32(30-24)21-5-2-1-3-6-21/h1-16,25H,17H2. The van der Waals surface area contributed by atoms with Crippen molar-refractivity contribution in [2.24, 2.45) is 5.10 Å². The highest BCUT2D eigenvalue weighted by molar-refractivity contribution is 6.33. The number of nitrogens with zero attached hydrogens (tertiary/aromatic N) is 5.